The summed E-state index contributed by atoms with van der Waals surface area (Å²) in [5, 5.41) is 6.27. The Hall–Kier alpha value is -0.780. The van der Waals surface area contributed by atoms with Gasteiger partial charge in [-0.1, -0.05) is 12.1 Å². The first-order chi connectivity index (χ1) is 9.25. The van der Waals surface area contributed by atoms with Crippen LogP contribution < -0.4 is 10.6 Å². The predicted octanol–water partition coefficient (Wildman–Crippen LogP) is 2.60. The van der Waals surface area contributed by atoms with Gasteiger partial charge in [-0.25, -0.2) is 4.39 Å². The minimum absolute atomic E-state index is 0. The summed E-state index contributed by atoms with van der Waals surface area (Å²) in [7, 11) is 0. The van der Waals surface area contributed by atoms with Crippen LogP contribution in [0.1, 0.15) is 19.3 Å². The third-order valence-electron chi connectivity index (χ3n) is 3.09. The maximum Gasteiger partial charge on any atom is 0.221 e. The number of carbonyl (C=O) groups excluding carboxylic acids is 1. The van der Waals surface area contributed by atoms with Crippen molar-refractivity contribution in [2.24, 2.45) is 0 Å². The second-order valence-corrected chi connectivity index (χ2v) is 5.78. The smallest absolute Gasteiger partial charge is 0.221 e. The SMILES string of the molecule is Cl.O=C(CCSc1ccccc1F)NC1CCCNC1. The highest BCUT2D eigenvalue weighted by atomic mass is 35.5. The summed E-state index contributed by atoms with van der Waals surface area (Å²) in [5.74, 6) is 0.439. The number of benzene rings is 1. The quantitative estimate of drug-likeness (QED) is 0.820. The van der Waals surface area contributed by atoms with Crippen LogP contribution in [0.2, 0.25) is 0 Å². The molecule has 2 N–H and O–H groups in total. The van der Waals surface area contributed by atoms with Gasteiger partial charge in [-0.15, -0.1) is 24.2 Å². The molecule has 0 aliphatic carbocycles. The van der Waals surface area contributed by atoms with Crippen LogP contribution in [0, 0.1) is 5.82 Å². The van der Waals surface area contributed by atoms with Crippen molar-refractivity contribution in [1.82, 2.24) is 10.6 Å². The van der Waals surface area contributed by atoms with Gasteiger partial charge in [0.15, 0.2) is 0 Å². The molecule has 6 heteroatoms. The van der Waals surface area contributed by atoms with Gasteiger partial charge >= 0.3 is 0 Å². The van der Waals surface area contributed by atoms with E-state index in [1.807, 2.05) is 0 Å². The molecule has 1 saturated heterocycles. The average Bonchev–Trinajstić information content (AvgIpc) is 2.42. The van der Waals surface area contributed by atoms with Gasteiger partial charge in [0.1, 0.15) is 5.82 Å². The van der Waals surface area contributed by atoms with Gasteiger partial charge in [0.05, 0.1) is 0 Å². The van der Waals surface area contributed by atoms with E-state index in [4.69, 9.17) is 0 Å². The summed E-state index contributed by atoms with van der Waals surface area (Å²) in [6.07, 6.45) is 2.57. The van der Waals surface area contributed by atoms with Crippen LogP contribution in [-0.4, -0.2) is 30.8 Å². The lowest BCUT2D eigenvalue weighted by molar-refractivity contribution is -0.121. The lowest BCUT2D eigenvalue weighted by atomic mass is 10.1. The van der Waals surface area contributed by atoms with E-state index in [9.17, 15) is 9.18 Å². The van der Waals surface area contributed by atoms with E-state index >= 15 is 0 Å². The molecule has 2 rings (SSSR count). The van der Waals surface area contributed by atoms with Gasteiger partial charge in [0.2, 0.25) is 5.91 Å². The molecule has 1 heterocycles. The first kappa shape index (κ1) is 17.3. The average molecular weight is 319 g/mol. The van der Waals surface area contributed by atoms with Crippen LogP contribution in [0.3, 0.4) is 0 Å². The fourth-order valence-electron chi connectivity index (χ4n) is 2.09. The molecule has 0 saturated carbocycles. The molecular weight excluding hydrogens is 299 g/mol. The lowest BCUT2D eigenvalue weighted by Crippen LogP contribution is -2.45. The Morgan fingerprint density at radius 1 is 1.45 bits per heavy atom. The maximum atomic E-state index is 13.4. The number of rotatable bonds is 5. The van der Waals surface area contributed by atoms with Gasteiger partial charge in [-0.05, 0) is 31.5 Å². The first-order valence-electron chi connectivity index (χ1n) is 6.63. The first-order valence-corrected chi connectivity index (χ1v) is 7.61. The third kappa shape index (κ3) is 5.69. The van der Waals surface area contributed by atoms with Crippen molar-refractivity contribution < 1.29 is 9.18 Å². The second-order valence-electron chi connectivity index (χ2n) is 4.64. The van der Waals surface area contributed by atoms with Crippen LogP contribution in [-0.2, 0) is 4.79 Å². The van der Waals surface area contributed by atoms with E-state index in [1.54, 1.807) is 18.2 Å². The molecule has 0 aromatic heterocycles. The molecule has 1 amide bonds. The minimum atomic E-state index is -0.218. The summed E-state index contributed by atoms with van der Waals surface area (Å²) in [6.45, 7) is 1.89. The highest BCUT2D eigenvalue weighted by Gasteiger charge is 2.15. The Bertz CT molecular complexity index is 427. The van der Waals surface area contributed by atoms with Crippen LogP contribution in [0.15, 0.2) is 29.2 Å². The topological polar surface area (TPSA) is 41.1 Å². The minimum Gasteiger partial charge on any atom is -0.352 e. The molecule has 112 valence electrons. The number of hydrogen-bond donors (Lipinski definition) is 2. The van der Waals surface area contributed by atoms with Crippen molar-refractivity contribution in [2.45, 2.75) is 30.2 Å². The van der Waals surface area contributed by atoms with E-state index in [2.05, 4.69) is 10.6 Å². The molecule has 1 unspecified atom stereocenters. The Balaban J connectivity index is 0.00000200. The van der Waals surface area contributed by atoms with E-state index in [0.29, 0.717) is 17.1 Å². The molecular formula is C14H20ClFN2OS. The maximum absolute atomic E-state index is 13.4. The van der Waals surface area contributed by atoms with Crippen molar-refractivity contribution in [3.8, 4) is 0 Å². The van der Waals surface area contributed by atoms with Crippen LogP contribution >= 0.6 is 24.2 Å². The zero-order valence-corrected chi connectivity index (χ0v) is 12.9. The number of piperidine rings is 1. The second kappa shape index (κ2) is 9.21. The molecule has 1 aliphatic heterocycles. The van der Waals surface area contributed by atoms with Crippen molar-refractivity contribution in [2.75, 3.05) is 18.8 Å². The largest absolute Gasteiger partial charge is 0.352 e. The summed E-state index contributed by atoms with van der Waals surface area (Å²) in [4.78, 5) is 12.3. The fourth-order valence-corrected chi connectivity index (χ4v) is 2.98. The number of hydrogen-bond acceptors (Lipinski definition) is 3. The summed E-state index contributed by atoms with van der Waals surface area (Å²) in [6, 6.07) is 6.90. The van der Waals surface area contributed by atoms with Gasteiger partial charge in [-0.2, -0.15) is 0 Å². The summed E-state index contributed by atoms with van der Waals surface area (Å²) < 4.78 is 13.4. The number of nitrogens with one attached hydrogen (secondary N) is 2. The predicted molar refractivity (Wildman–Crippen MR) is 83.0 cm³/mol. The number of amides is 1. The Kier molecular flexibility index (Phi) is 7.95. The molecule has 20 heavy (non-hydrogen) atoms. The fraction of sp³-hybridized carbons (Fsp3) is 0.500. The summed E-state index contributed by atoms with van der Waals surface area (Å²) in [5.41, 5.74) is 0. The molecule has 1 aromatic carbocycles. The van der Waals surface area contributed by atoms with Crippen molar-refractivity contribution >= 4 is 30.1 Å². The highest BCUT2D eigenvalue weighted by Crippen LogP contribution is 2.21. The third-order valence-corrected chi connectivity index (χ3v) is 4.14. The standard InChI is InChI=1S/C14H19FN2OS.ClH/c15-12-5-1-2-6-13(12)19-9-7-14(18)17-11-4-3-8-16-10-11;/h1-2,5-6,11,16H,3-4,7-10H2,(H,17,18);1H. The molecule has 0 bridgehead atoms. The van der Waals surface area contributed by atoms with E-state index in [1.165, 1.54) is 17.8 Å². The number of thioether (sulfide) groups is 1. The molecule has 0 spiro atoms. The van der Waals surface area contributed by atoms with Crippen molar-refractivity contribution in [3.05, 3.63) is 30.1 Å². The Labute approximate surface area is 129 Å². The van der Waals surface area contributed by atoms with Gasteiger partial charge in [-0.3, -0.25) is 4.79 Å². The molecule has 1 fully saturated rings. The van der Waals surface area contributed by atoms with Gasteiger partial charge < -0.3 is 10.6 Å². The normalized spacial score (nSPS) is 18.1. The van der Waals surface area contributed by atoms with Crippen LogP contribution in [0.25, 0.3) is 0 Å². The highest BCUT2D eigenvalue weighted by molar-refractivity contribution is 7.99. The zero-order chi connectivity index (χ0) is 13.5. The van der Waals surface area contributed by atoms with Crippen molar-refractivity contribution in [1.29, 1.82) is 0 Å². The Morgan fingerprint density at radius 3 is 2.95 bits per heavy atom. The van der Waals surface area contributed by atoms with Gasteiger partial charge in [0, 0.05) is 29.7 Å². The molecule has 1 aliphatic rings. The molecule has 3 nitrogen and oxygen atoms in total. The van der Waals surface area contributed by atoms with Crippen LogP contribution in [0.5, 0.6) is 0 Å². The molecule has 1 aromatic rings. The molecule has 0 radical (unpaired) electrons. The summed E-state index contributed by atoms with van der Waals surface area (Å²) >= 11 is 1.39. The van der Waals surface area contributed by atoms with E-state index in [-0.39, 0.29) is 30.2 Å². The van der Waals surface area contributed by atoms with Crippen LogP contribution in [0.4, 0.5) is 4.39 Å². The molecule has 1 atom stereocenters. The zero-order valence-electron chi connectivity index (χ0n) is 11.2. The van der Waals surface area contributed by atoms with E-state index in [0.717, 1.165) is 25.9 Å². The van der Waals surface area contributed by atoms with E-state index < -0.39 is 0 Å². The number of carbonyl (C=O) groups is 1. The monoisotopic (exact) mass is 318 g/mol. The number of halogens is 2. The van der Waals surface area contributed by atoms with Gasteiger partial charge in [0.25, 0.3) is 0 Å². The Morgan fingerprint density at radius 2 is 2.25 bits per heavy atom. The van der Waals surface area contributed by atoms with Crippen molar-refractivity contribution in [3.63, 3.8) is 0 Å². The lowest BCUT2D eigenvalue weighted by Gasteiger charge is -2.23.